The van der Waals surface area contributed by atoms with E-state index in [2.05, 4.69) is 9.97 Å². The van der Waals surface area contributed by atoms with E-state index < -0.39 is 23.9 Å². The Morgan fingerprint density at radius 1 is 0.250 bits per heavy atom. The number of hydrogen-bond donors (Lipinski definition) is 0. The third kappa shape index (κ3) is 25.1. The summed E-state index contributed by atoms with van der Waals surface area (Å²) >= 11 is 0. The molecule has 1 aliphatic heterocycles. The Kier molecular flexibility index (Phi) is 29.3. The maximum Gasteiger partial charge on any atom is 0.339 e. The van der Waals surface area contributed by atoms with Gasteiger partial charge in [0.2, 0.25) is 0 Å². The minimum absolute atomic E-state index is 0.283. The van der Waals surface area contributed by atoms with Gasteiger partial charge in [0.25, 0.3) is 0 Å². The lowest BCUT2D eigenvalue weighted by Crippen LogP contribution is -2.11. The molecule has 0 aromatic carbocycles. The second-order valence-corrected chi connectivity index (χ2v) is 16.8. The molecule has 3 heterocycles. The summed E-state index contributed by atoms with van der Waals surface area (Å²) in [5.74, 6) is -1.79. The molecule has 0 radical (unpaired) electrons. The monoisotopic (exact) mass is 835 g/mol. The predicted molar refractivity (Wildman–Crippen MR) is 237 cm³/mol. The fourth-order valence-corrected chi connectivity index (χ4v) is 7.68. The summed E-state index contributed by atoms with van der Waals surface area (Å²) in [6.45, 7) is 1.49. The van der Waals surface area contributed by atoms with Gasteiger partial charge in [-0.15, -0.1) is 0 Å². The maximum absolute atomic E-state index is 12.6. The van der Waals surface area contributed by atoms with E-state index in [0.29, 0.717) is 26.4 Å². The Labute approximate surface area is 362 Å². The van der Waals surface area contributed by atoms with Crippen LogP contribution in [0.25, 0.3) is 0 Å². The van der Waals surface area contributed by atoms with Gasteiger partial charge < -0.3 is 18.9 Å². The first kappa shape index (κ1) is 50.5. The molecule has 0 amide bonds. The van der Waals surface area contributed by atoms with Crippen molar-refractivity contribution in [3.05, 3.63) is 59.2 Å². The molecule has 60 heavy (non-hydrogen) atoms. The van der Waals surface area contributed by atoms with Crippen LogP contribution in [-0.2, 0) is 18.9 Å². The van der Waals surface area contributed by atoms with E-state index >= 15 is 0 Å². The van der Waals surface area contributed by atoms with Gasteiger partial charge in [-0.05, 0) is 37.8 Å². The lowest BCUT2D eigenvalue weighted by Gasteiger charge is -2.08. The van der Waals surface area contributed by atoms with E-state index in [0.717, 1.165) is 77.0 Å². The molecular weight excluding hydrogens is 757 g/mol. The van der Waals surface area contributed by atoms with Crippen LogP contribution in [0.3, 0.4) is 0 Å². The van der Waals surface area contributed by atoms with Crippen molar-refractivity contribution in [2.45, 2.75) is 205 Å². The summed E-state index contributed by atoms with van der Waals surface area (Å²) in [5, 5.41) is 0. The van der Waals surface area contributed by atoms with Crippen molar-refractivity contribution in [2.24, 2.45) is 0 Å². The van der Waals surface area contributed by atoms with Crippen LogP contribution in [0.15, 0.2) is 36.9 Å². The number of hydrogen-bond acceptors (Lipinski definition) is 10. The number of cyclic esters (lactones) is 4. The first-order chi connectivity index (χ1) is 29.5. The number of nitrogens with zero attached hydrogens (tertiary/aromatic N) is 2. The smallest absolute Gasteiger partial charge is 0.339 e. The number of ether oxygens (including phenoxy) is 4. The fourth-order valence-electron chi connectivity index (χ4n) is 7.68. The molecule has 0 saturated carbocycles. The number of rotatable bonds is 0. The van der Waals surface area contributed by atoms with Crippen molar-refractivity contribution in [1.29, 1.82) is 0 Å². The third-order valence-electron chi connectivity index (χ3n) is 11.4. The number of esters is 4. The van der Waals surface area contributed by atoms with Gasteiger partial charge in [0, 0.05) is 24.8 Å². The number of pyridine rings is 2. The van der Waals surface area contributed by atoms with Crippen LogP contribution in [0.5, 0.6) is 0 Å². The highest BCUT2D eigenvalue weighted by atomic mass is 16.5. The second-order valence-electron chi connectivity index (χ2n) is 16.8. The minimum Gasteiger partial charge on any atom is -0.462 e. The molecule has 336 valence electrons. The largest absolute Gasteiger partial charge is 0.462 e. The van der Waals surface area contributed by atoms with Crippen LogP contribution < -0.4 is 0 Å². The number of carbonyl (C=O) groups excluding carboxylic acids is 4. The molecule has 10 nitrogen and oxygen atoms in total. The summed E-state index contributed by atoms with van der Waals surface area (Å²) in [6, 6.07) is 3.04. The zero-order valence-electron chi connectivity index (χ0n) is 37.1. The molecule has 1 aliphatic rings. The van der Waals surface area contributed by atoms with Gasteiger partial charge in [0.15, 0.2) is 0 Å². The van der Waals surface area contributed by atoms with Gasteiger partial charge >= 0.3 is 23.9 Å². The molecule has 2 aromatic rings. The molecule has 2 aromatic heterocycles. The molecule has 3 rings (SSSR count). The average Bonchev–Trinajstić information content (AvgIpc) is 3.27. The molecule has 0 saturated heterocycles. The molecule has 0 spiro atoms. The summed E-state index contributed by atoms with van der Waals surface area (Å²) < 4.78 is 21.8. The van der Waals surface area contributed by atoms with Crippen LogP contribution >= 0.6 is 0 Å². The summed E-state index contributed by atoms with van der Waals surface area (Å²) in [7, 11) is 0. The third-order valence-corrected chi connectivity index (χ3v) is 11.4. The van der Waals surface area contributed by atoms with Gasteiger partial charge in [0.1, 0.15) is 0 Å². The van der Waals surface area contributed by atoms with E-state index in [-0.39, 0.29) is 22.3 Å². The summed E-state index contributed by atoms with van der Waals surface area (Å²) in [5.41, 5.74) is 1.13. The summed E-state index contributed by atoms with van der Waals surface area (Å²) in [6.07, 6.45) is 43.2. The molecule has 10 heteroatoms. The SMILES string of the molecule is O=C1OCCCCCCCCCCCCCCCCCCOC(=O)c2cncc(c2)C(=O)OCCCCCCCCCCCCCCCCCCOC(=O)c2cncc1c2. The second kappa shape index (κ2) is 34.8. The van der Waals surface area contributed by atoms with Crippen LogP contribution in [0, 0.1) is 0 Å². The quantitative estimate of drug-likeness (QED) is 0.187. The topological polar surface area (TPSA) is 131 Å². The van der Waals surface area contributed by atoms with E-state index in [1.807, 2.05) is 0 Å². The van der Waals surface area contributed by atoms with E-state index in [4.69, 9.17) is 18.9 Å². The molecule has 4 bridgehead atoms. The standard InChI is InChI=1S/C50H78N2O8/c53-47-43-37-45(41-51-39-43)49(55)59-35-31-27-23-19-15-11-7-3-4-8-12-16-20-24-28-32-36-60-50(56)46-38-44(40-52-42-46)48(54)58-34-30-26-22-18-14-10-6-2-1-5-9-13-17-21-25-29-33-57-47/h37-42H,1-36H2. The fraction of sp³-hybridized carbons (Fsp3) is 0.720. The first-order valence-electron chi connectivity index (χ1n) is 24.1. The lowest BCUT2D eigenvalue weighted by atomic mass is 10.0. The highest BCUT2D eigenvalue weighted by Gasteiger charge is 2.15. The predicted octanol–water partition coefficient (Wildman–Crippen LogP) is 13.3. The van der Waals surface area contributed by atoms with E-state index in [1.54, 1.807) is 0 Å². The Morgan fingerprint density at radius 3 is 0.567 bits per heavy atom. The van der Waals surface area contributed by atoms with E-state index in [9.17, 15) is 19.2 Å². The zero-order chi connectivity index (χ0) is 42.6. The van der Waals surface area contributed by atoms with Crippen molar-refractivity contribution in [3.8, 4) is 0 Å². The average molecular weight is 835 g/mol. The highest BCUT2D eigenvalue weighted by molar-refractivity contribution is 5.95. The van der Waals surface area contributed by atoms with Gasteiger partial charge in [0.05, 0.1) is 48.7 Å². The normalized spacial score (nSPS) is 20.3. The molecular formula is C50H78N2O8. The van der Waals surface area contributed by atoms with Crippen molar-refractivity contribution < 1.29 is 38.1 Å². The molecule has 0 aliphatic carbocycles. The van der Waals surface area contributed by atoms with Crippen LogP contribution in [0.1, 0.15) is 247 Å². The molecule has 0 fully saturated rings. The van der Waals surface area contributed by atoms with Gasteiger partial charge in [-0.25, -0.2) is 19.2 Å². The first-order valence-corrected chi connectivity index (χ1v) is 24.1. The van der Waals surface area contributed by atoms with Crippen LogP contribution in [-0.4, -0.2) is 60.3 Å². The van der Waals surface area contributed by atoms with Crippen molar-refractivity contribution in [1.82, 2.24) is 9.97 Å². The Balaban J connectivity index is 1.30. The Bertz CT molecular complexity index is 1240. The Morgan fingerprint density at radius 2 is 0.400 bits per heavy atom. The van der Waals surface area contributed by atoms with Gasteiger partial charge in [-0.3, -0.25) is 9.97 Å². The Hall–Kier alpha value is -3.82. The molecule has 0 unspecified atom stereocenters. The highest BCUT2D eigenvalue weighted by Crippen LogP contribution is 2.17. The van der Waals surface area contributed by atoms with Gasteiger partial charge in [-0.1, -0.05) is 180 Å². The molecule has 0 N–H and O–H groups in total. The summed E-state index contributed by atoms with van der Waals surface area (Å²) in [4.78, 5) is 58.4. The number of fused-ring (bicyclic) bond motifs is 4. The van der Waals surface area contributed by atoms with Crippen molar-refractivity contribution in [3.63, 3.8) is 0 Å². The van der Waals surface area contributed by atoms with Crippen molar-refractivity contribution >= 4 is 23.9 Å². The maximum atomic E-state index is 12.6. The van der Waals surface area contributed by atoms with Crippen molar-refractivity contribution in [2.75, 3.05) is 26.4 Å². The van der Waals surface area contributed by atoms with Crippen LogP contribution in [0.2, 0.25) is 0 Å². The van der Waals surface area contributed by atoms with E-state index in [1.165, 1.54) is 165 Å². The number of aromatic nitrogens is 2. The minimum atomic E-state index is -0.447. The zero-order valence-corrected chi connectivity index (χ0v) is 37.1. The lowest BCUT2D eigenvalue weighted by molar-refractivity contribution is 0.0476. The van der Waals surface area contributed by atoms with Gasteiger partial charge in [-0.2, -0.15) is 0 Å². The van der Waals surface area contributed by atoms with Crippen LogP contribution in [0.4, 0.5) is 0 Å². The molecule has 0 atom stereocenters. The number of carbonyl (C=O) groups is 4.